The molecule has 2 aliphatic carbocycles. The lowest BCUT2D eigenvalue weighted by Gasteiger charge is -2.20. The van der Waals surface area contributed by atoms with Crippen molar-refractivity contribution in [3.8, 4) is 11.5 Å². The van der Waals surface area contributed by atoms with Crippen LogP contribution in [0.4, 0.5) is 0 Å². The number of carbonyl (C=O) groups is 3. The van der Waals surface area contributed by atoms with Gasteiger partial charge >= 0.3 is 17.9 Å². The van der Waals surface area contributed by atoms with Gasteiger partial charge in [-0.15, -0.1) is 6.58 Å². The molecule has 51 heavy (non-hydrogen) atoms. The van der Waals surface area contributed by atoms with Crippen LogP contribution in [0.2, 0.25) is 0 Å². The van der Waals surface area contributed by atoms with Crippen molar-refractivity contribution in [2.45, 2.75) is 110 Å². The minimum atomic E-state index is -0.261. The predicted octanol–water partition coefficient (Wildman–Crippen LogP) is 8.70. The number of carbonyl (C=O) groups excluding carboxylic acids is 3. The highest BCUT2D eigenvalue weighted by Crippen LogP contribution is 2.55. The summed E-state index contributed by atoms with van der Waals surface area (Å²) in [5.74, 6) is 4.54. The predicted molar refractivity (Wildman–Crippen MR) is 199 cm³/mol. The average Bonchev–Trinajstić information content (AvgIpc) is 3.82. The van der Waals surface area contributed by atoms with E-state index in [1.165, 1.54) is 43.4 Å². The van der Waals surface area contributed by atoms with Gasteiger partial charge in [0.15, 0.2) is 0 Å². The molecule has 2 saturated carbocycles. The van der Waals surface area contributed by atoms with E-state index >= 15 is 0 Å². The van der Waals surface area contributed by atoms with Crippen molar-refractivity contribution in [2.75, 3.05) is 20.8 Å². The Morgan fingerprint density at radius 3 is 1.88 bits per heavy atom. The summed E-state index contributed by atoms with van der Waals surface area (Å²) >= 11 is 0. The summed E-state index contributed by atoms with van der Waals surface area (Å²) in [6, 6.07) is 12.8. The third-order valence-electron chi connectivity index (χ3n) is 11.1. The SMILES string of the molecule is C.C=CC[C@@H]1[C@H]2c3cccc(CCCC(=O)OC)c3O[C@H]2C[C@H]1C.COC(=O)CCCc1cccc2c1O[C@H]1C[C@@H](C)[C@H](/C=C/COC(C)=O)[C@@H]21. The lowest BCUT2D eigenvalue weighted by atomic mass is 9.82. The molecule has 0 bridgehead atoms. The number of hydrogen-bond acceptors (Lipinski definition) is 8. The van der Waals surface area contributed by atoms with E-state index in [0.717, 1.165) is 56.4 Å². The number of fused-ring (bicyclic) bond motifs is 6. The van der Waals surface area contributed by atoms with E-state index in [1.807, 2.05) is 12.2 Å². The summed E-state index contributed by atoms with van der Waals surface area (Å²) in [5.41, 5.74) is 5.02. The molecule has 8 heteroatoms. The van der Waals surface area contributed by atoms with Crippen LogP contribution in [0.1, 0.15) is 107 Å². The van der Waals surface area contributed by atoms with Gasteiger partial charge in [0.2, 0.25) is 0 Å². The number of allylic oxidation sites excluding steroid dienone is 2. The number of para-hydroxylation sites is 2. The minimum Gasteiger partial charge on any atom is -0.489 e. The Morgan fingerprint density at radius 1 is 0.824 bits per heavy atom. The summed E-state index contributed by atoms with van der Waals surface area (Å²) in [6.07, 6.45) is 14.0. The molecular weight excluding hydrogens is 644 g/mol. The summed E-state index contributed by atoms with van der Waals surface area (Å²) in [6.45, 7) is 10.2. The fourth-order valence-electron chi connectivity index (χ4n) is 8.70. The Labute approximate surface area is 304 Å². The Bertz CT molecular complexity index is 1540. The van der Waals surface area contributed by atoms with Crippen LogP contribution in [0.5, 0.6) is 11.5 Å². The zero-order valence-corrected chi connectivity index (χ0v) is 30.4. The van der Waals surface area contributed by atoms with Crippen molar-refractivity contribution < 1.29 is 38.1 Å². The van der Waals surface area contributed by atoms with Crippen molar-refractivity contribution in [3.63, 3.8) is 0 Å². The Hall–Kier alpha value is -4.07. The summed E-state index contributed by atoms with van der Waals surface area (Å²) in [4.78, 5) is 33.6. The monoisotopic (exact) mass is 702 g/mol. The maximum absolute atomic E-state index is 11.3. The molecule has 0 unspecified atom stereocenters. The van der Waals surface area contributed by atoms with Gasteiger partial charge in [-0.05, 0) is 79.7 Å². The molecule has 4 aliphatic rings. The van der Waals surface area contributed by atoms with Crippen LogP contribution < -0.4 is 9.47 Å². The highest BCUT2D eigenvalue weighted by molar-refractivity contribution is 5.69. The van der Waals surface area contributed by atoms with Crippen molar-refractivity contribution in [2.24, 2.45) is 23.7 Å². The van der Waals surface area contributed by atoms with Crippen LogP contribution in [-0.2, 0) is 41.4 Å². The zero-order chi connectivity index (χ0) is 35.8. The first-order chi connectivity index (χ1) is 24.2. The quantitative estimate of drug-likeness (QED) is 0.116. The molecule has 6 rings (SSSR count). The van der Waals surface area contributed by atoms with Gasteiger partial charge in [0.1, 0.15) is 30.3 Å². The smallest absolute Gasteiger partial charge is 0.305 e. The van der Waals surface area contributed by atoms with E-state index in [9.17, 15) is 14.4 Å². The molecule has 2 heterocycles. The van der Waals surface area contributed by atoms with Crippen LogP contribution in [0.3, 0.4) is 0 Å². The Balaban J connectivity index is 0.000000227. The van der Waals surface area contributed by atoms with Crippen molar-refractivity contribution in [1.82, 2.24) is 0 Å². The van der Waals surface area contributed by atoms with Gasteiger partial charge in [0.05, 0.1) is 14.2 Å². The second kappa shape index (κ2) is 18.4. The molecule has 2 aromatic carbocycles. The van der Waals surface area contributed by atoms with Crippen molar-refractivity contribution in [1.29, 1.82) is 0 Å². The van der Waals surface area contributed by atoms with Crippen molar-refractivity contribution >= 4 is 17.9 Å². The molecule has 0 spiro atoms. The van der Waals surface area contributed by atoms with Gasteiger partial charge in [0, 0.05) is 42.7 Å². The number of methoxy groups -OCH3 is 2. The molecule has 0 aromatic heterocycles. The first-order valence-electron chi connectivity index (χ1n) is 18.3. The average molecular weight is 703 g/mol. The summed E-state index contributed by atoms with van der Waals surface area (Å²) in [7, 11) is 2.86. The number of benzene rings is 2. The Morgan fingerprint density at radius 2 is 1.35 bits per heavy atom. The first kappa shape index (κ1) is 39.7. The molecule has 8 nitrogen and oxygen atoms in total. The topological polar surface area (TPSA) is 97.4 Å². The number of rotatable bonds is 13. The van der Waals surface area contributed by atoms with Gasteiger partial charge in [-0.3, -0.25) is 14.4 Å². The minimum absolute atomic E-state index is 0. The molecule has 2 aromatic rings. The molecule has 8 atom stereocenters. The van der Waals surface area contributed by atoms with E-state index in [0.29, 0.717) is 61.1 Å². The van der Waals surface area contributed by atoms with E-state index < -0.39 is 0 Å². The first-order valence-corrected chi connectivity index (χ1v) is 18.3. The van der Waals surface area contributed by atoms with Gasteiger partial charge < -0.3 is 23.7 Å². The van der Waals surface area contributed by atoms with Crippen LogP contribution in [0.15, 0.2) is 61.2 Å². The van der Waals surface area contributed by atoms with Crippen LogP contribution in [-0.4, -0.2) is 50.9 Å². The molecule has 2 fully saturated rings. The normalized spacial score (nSPS) is 26.2. The molecule has 0 amide bonds. The zero-order valence-electron chi connectivity index (χ0n) is 30.4. The summed E-state index contributed by atoms with van der Waals surface area (Å²) in [5, 5.41) is 0. The second-order valence-electron chi connectivity index (χ2n) is 14.3. The third kappa shape index (κ3) is 9.24. The maximum atomic E-state index is 11.3. The Kier molecular flexibility index (Phi) is 14.4. The maximum Gasteiger partial charge on any atom is 0.305 e. The molecule has 278 valence electrons. The van der Waals surface area contributed by atoms with E-state index in [-0.39, 0.29) is 31.4 Å². The lowest BCUT2D eigenvalue weighted by molar-refractivity contribution is -0.141. The van der Waals surface area contributed by atoms with Crippen LogP contribution in [0.25, 0.3) is 0 Å². The van der Waals surface area contributed by atoms with E-state index in [1.54, 1.807) is 0 Å². The highest BCUT2D eigenvalue weighted by Gasteiger charge is 2.49. The number of aryl methyl sites for hydroxylation is 2. The largest absolute Gasteiger partial charge is 0.489 e. The fraction of sp³-hybridized carbons (Fsp3) is 0.558. The lowest BCUT2D eigenvalue weighted by Crippen LogP contribution is -2.15. The molecular formula is C43H58O8. The van der Waals surface area contributed by atoms with Gasteiger partial charge in [-0.1, -0.05) is 75.9 Å². The van der Waals surface area contributed by atoms with Gasteiger partial charge in [-0.2, -0.15) is 0 Å². The highest BCUT2D eigenvalue weighted by atomic mass is 16.5. The summed E-state index contributed by atoms with van der Waals surface area (Å²) < 4.78 is 27.1. The van der Waals surface area contributed by atoms with E-state index in [4.69, 9.17) is 23.7 Å². The molecule has 0 radical (unpaired) electrons. The van der Waals surface area contributed by atoms with Gasteiger partial charge in [-0.25, -0.2) is 0 Å². The third-order valence-corrected chi connectivity index (χ3v) is 11.1. The molecule has 2 aliphatic heterocycles. The fourth-order valence-corrected chi connectivity index (χ4v) is 8.70. The van der Waals surface area contributed by atoms with Crippen LogP contribution in [0, 0.1) is 23.7 Å². The molecule has 0 N–H and O–H groups in total. The number of hydrogen-bond donors (Lipinski definition) is 0. The van der Waals surface area contributed by atoms with Crippen molar-refractivity contribution in [3.05, 3.63) is 83.5 Å². The van der Waals surface area contributed by atoms with Crippen LogP contribution >= 0.6 is 0 Å². The number of esters is 3. The van der Waals surface area contributed by atoms with E-state index in [2.05, 4.69) is 62.9 Å². The standard InChI is InChI=1S/C22H28O5.C20H26O3.CH4/c1-14-13-19-21(17(14)10-6-12-26-15(2)23)18-9-4-7-16(22(18)27-19)8-5-11-20(24)25-3;1-4-7-15-13(2)12-17-19(15)16-10-5-8-14(20(16)23-17)9-6-11-18(21)22-3;/h4,6-7,9-10,14,17,19,21H,5,8,11-13H2,1-3H3;4-5,8,10,13,15,17,19H,1,6-7,9,11-12H2,2-3H3;1H4/b10-6+;;/t14-,17+,19+,21+;13-,15+,17+,19+;/m11./s1. The number of ether oxygens (including phenoxy) is 5. The second-order valence-corrected chi connectivity index (χ2v) is 14.3. The molecule has 0 saturated heterocycles. The van der Waals surface area contributed by atoms with Gasteiger partial charge in [0.25, 0.3) is 0 Å².